The number of amides is 1. The Balaban J connectivity index is 1.64. The Bertz CT molecular complexity index is 945. The van der Waals surface area contributed by atoms with E-state index in [1.54, 1.807) is 12.1 Å². The Kier molecular flexibility index (Phi) is 6.66. The van der Waals surface area contributed by atoms with Crippen molar-refractivity contribution in [3.05, 3.63) is 63.2 Å². The van der Waals surface area contributed by atoms with E-state index in [1.807, 2.05) is 12.1 Å². The molecule has 2 N–H and O–H groups in total. The molecule has 2 aromatic rings. The fourth-order valence-corrected chi connectivity index (χ4v) is 3.76. The van der Waals surface area contributed by atoms with Crippen LogP contribution in [0.5, 0.6) is 0 Å². The number of nitrogens with one attached hydrogen (secondary N) is 2. The summed E-state index contributed by atoms with van der Waals surface area (Å²) in [5.41, 5.74) is 1.25. The monoisotopic (exact) mass is 432 g/mol. The Morgan fingerprint density at radius 1 is 1.24 bits per heavy atom. The molecule has 0 saturated carbocycles. The molecule has 1 aliphatic heterocycles. The molecular formula is C20H21ClN4O3S. The average molecular weight is 433 g/mol. The summed E-state index contributed by atoms with van der Waals surface area (Å²) < 4.78 is 0. The molecule has 9 heteroatoms. The zero-order valence-electron chi connectivity index (χ0n) is 15.9. The molecule has 0 atom stereocenters. The van der Waals surface area contributed by atoms with Gasteiger partial charge in [0, 0.05) is 24.8 Å². The maximum atomic E-state index is 12.3. The highest BCUT2D eigenvalue weighted by molar-refractivity contribution is 7.80. The van der Waals surface area contributed by atoms with Gasteiger partial charge < -0.3 is 10.2 Å². The smallest absolute Gasteiger partial charge is 0.282 e. The van der Waals surface area contributed by atoms with E-state index in [1.165, 1.54) is 18.2 Å². The molecule has 1 saturated heterocycles. The summed E-state index contributed by atoms with van der Waals surface area (Å²) >= 11 is 11.6. The van der Waals surface area contributed by atoms with E-state index in [4.69, 9.17) is 23.8 Å². The van der Waals surface area contributed by atoms with Crippen LogP contribution >= 0.6 is 23.8 Å². The van der Waals surface area contributed by atoms with Crippen molar-refractivity contribution in [1.82, 2.24) is 5.32 Å². The molecule has 0 unspecified atom stereocenters. The van der Waals surface area contributed by atoms with Crippen LogP contribution in [0.3, 0.4) is 0 Å². The molecule has 0 spiro atoms. The molecule has 0 radical (unpaired) electrons. The van der Waals surface area contributed by atoms with Crippen LogP contribution in [-0.4, -0.2) is 29.0 Å². The summed E-state index contributed by atoms with van der Waals surface area (Å²) in [6, 6.07) is 11.2. The highest BCUT2D eigenvalue weighted by Gasteiger charge is 2.21. The van der Waals surface area contributed by atoms with Gasteiger partial charge in [0.15, 0.2) is 5.11 Å². The Morgan fingerprint density at radius 2 is 1.93 bits per heavy atom. The number of halogens is 1. The van der Waals surface area contributed by atoms with Crippen LogP contribution in [0.15, 0.2) is 42.5 Å². The molecule has 7 nitrogen and oxygen atoms in total. The lowest BCUT2D eigenvalue weighted by Crippen LogP contribution is -2.34. The van der Waals surface area contributed by atoms with Crippen LogP contribution in [0, 0.1) is 16.0 Å². The third kappa shape index (κ3) is 5.21. The molecule has 1 aliphatic rings. The lowest BCUT2D eigenvalue weighted by molar-refractivity contribution is -0.385. The van der Waals surface area contributed by atoms with Crippen molar-refractivity contribution >= 4 is 51.9 Å². The van der Waals surface area contributed by atoms with Crippen molar-refractivity contribution in [2.24, 2.45) is 5.92 Å². The number of carbonyl (C=O) groups excluding carboxylic acids is 1. The van der Waals surface area contributed by atoms with Crippen LogP contribution in [0.25, 0.3) is 0 Å². The lowest BCUT2D eigenvalue weighted by atomic mass is 9.99. The SMILES string of the molecule is CC1CCN(c2ccc(NC(=S)NC(=O)c3ccccc3[N+](=O)[O-])cc2Cl)CC1. The number of hydrogen-bond acceptors (Lipinski definition) is 5. The number of nitro benzene ring substituents is 1. The number of anilines is 2. The van der Waals surface area contributed by atoms with Gasteiger partial charge in [-0.05, 0) is 55.2 Å². The van der Waals surface area contributed by atoms with E-state index in [0.29, 0.717) is 10.7 Å². The predicted octanol–water partition coefficient (Wildman–Crippen LogP) is 4.61. The molecule has 1 heterocycles. The first-order valence-corrected chi connectivity index (χ1v) is 10.0. The second-order valence-corrected chi connectivity index (χ2v) is 7.83. The maximum Gasteiger partial charge on any atom is 0.282 e. The van der Waals surface area contributed by atoms with Crippen molar-refractivity contribution in [2.75, 3.05) is 23.3 Å². The largest absolute Gasteiger partial charge is 0.370 e. The highest BCUT2D eigenvalue weighted by atomic mass is 35.5. The van der Waals surface area contributed by atoms with Gasteiger partial charge in [-0.25, -0.2) is 0 Å². The second-order valence-electron chi connectivity index (χ2n) is 7.02. The number of para-hydroxylation sites is 1. The zero-order chi connectivity index (χ0) is 21.0. The number of carbonyl (C=O) groups is 1. The van der Waals surface area contributed by atoms with E-state index in [9.17, 15) is 14.9 Å². The molecule has 0 aliphatic carbocycles. The van der Waals surface area contributed by atoms with E-state index in [-0.39, 0.29) is 16.4 Å². The van der Waals surface area contributed by atoms with E-state index >= 15 is 0 Å². The van der Waals surface area contributed by atoms with Crippen molar-refractivity contribution in [2.45, 2.75) is 19.8 Å². The van der Waals surface area contributed by atoms with Gasteiger partial charge in [0.25, 0.3) is 11.6 Å². The molecule has 2 aromatic carbocycles. The quantitative estimate of drug-likeness (QED) is 0.416. The zero-order valence-corrected chi connectivity index (χ0v) is 17.4. The van der Waals surface area contributed by atoms with Crippen LogP contribution in [0.2, 0.25) is 5.02 Å². The minimum Gasteiger partial charge on any atom is -0.370 e. The van der Waals surface area contributed by atoms with Gasteiger partial charge in [0.05, 0.1) is 15.6 Å². The topological polar surface area (TPSA) is 87.5 Å². The molecule has 1 fully saturated rings. The minimum absolute atomic E-state index is 0.0313. The van der Waals surface area contributed by atoms with E-state index in [2.05, 4.69) is 22.5 Å². The van der Waals surface area contributed by atoms with Gasteiger partial charge in [0.1, 0.15) is 5.56 Å². The number of nitro groups is 1. The third-order valence-corrected chi connectivity index (χ3v) is 5.41. The van der Waals surface area contributed by atoms with E-state index in [0.717, 1.165) is 37.5 Å². The van der Waals surface area contributed by atoms with Crippen LogP contribution < -0.4 is 15.5 Å². The maximum absolute atomic E-state index is 12.3. The number of rotatable bonds is 4. The summed E-state index contributed by atoms with van der Waals surface area (Å²) in [6.45, 7) is 4.20. The Morgan fingerprint density at radius 3 is 2.59 bits per heavy atom. The normalized spacial score (nSPS) is 14.3. The fourth-order valence-electron chi connectivity index (χ4n) is 3.25. The summed E-state index contributed by atoms with van der Waals surface area (Å²) in [7, 11) is 0. The van der Waals surface area contributed by atoms with E-state index < -0.39 is 10.8 Å². The molecular weight excluding hydrogens is 412 g/mol. The first kappa shape index (κ1) is 21.0. The van der Waals surface area contributed by atoms with Crippen LogP contribution in [0.4, 0.5) is 17.1 Å². The summed E-state index contributed by atoms with van der Waals surface area (Å²) in [5.74, 6) is 0.0762. The number of nitrogens with zero attached hydrogens (tertiary/aromatic N) is 2. The van der Waals surface area contributed by atoms with Gasteiger partial charge in [0.2, 0.25) is 0 Å². The fraction of sp³-hybridized carbons (Fsp3) is 0.300. The van der Waals surface area contributed by atoms with Crippen molar-refractivity contribution < 1.29 is 9.72 Å². The summed E-state index contributed by atoms with van der Waals surface area (Å²) in [6.07, 6.45) is 2.27. The standard InChI is InChI=1S/C20H21ClN4O3S/c1-13-8-10-24(11-9-13)18-7-6-14(12-16(18)21)22-20(29)23-19(26)15-4-2-3-5-17(15)25(27)28/h2-7,12-13H,8-11H2,1H3,(H2,22,23,26,29). The summed E-state index contributed by atoms with van der Waals surface area (Å²) in [4.78, 5) is 25.1. The first-order valence-electron chi connectivity index (χ1n) is 9.25. The molecule has 1 amide bonds. The number of piperidine rings is 1. The number of thiocarbonyl (C=S) groups is 1. The van der Waals surface area contributed by atoms with Gasteiger partial charge in [-0.15, -0.1) is 0 Å². The van der Waals surface area contributed by atoms with Crippen molar-refractivity contribution in [1.29, 1.82) is 0 Å². The molecule has 29 heavy (non-hydrogen) atoms. The van der Waals surface area contributed by atoms with Crippen molar-refractivity contribution in [3.63, 3.8) is 0 Å². The van der Waals surface area contributed by atoms with Gasteiger partial charge in [-0.2, -0.15) is 0 Å². The lowest BCUT2D eigenvalue weighted by Gasteiger charge is -2.32. The average Bonchev–Trinajstić information content (AvgIpc) is 2.69. The molecule has 3 rings (SSSR count). The van der Waals surface area contributed by atoms with Gasteiger partial charge in [-0.1, -0.05) is 30.7 Å². The predicted molar refractivity (Wildman–Crippen MR) is 119 cm³/mol. The Labute approximate surface area is 179 Å². The van der Waals surface area contributed by atoms with Gasteiger partial charge in [-0.3, -0.25) is 20.2 Å². The van der Waals surface area contributed by atoms with Gasteiger partial charge >= 0.3 is 0 Å². The third-order valence-electron chi connectivity index (χ3n) is 4.90. The molecule has 0 bridgehead atoms. The molecule has 152 valence electrons. The number of benzene rings is 2. The Hall–Kier alpha value is -2.71. The van der Waals surface area contributed by atoms with Crippen molar-refractivity contribution in [3.8, 4) is 0 Å². The minimum atomic E-state index is -0.653. The highest BCUT2D eigenvalue weighted by Crippen LogP contribution is 2.31. The first-order chi connectivity index (χ1) is 13.8. The summed E-state index contributed by atoms with van der Waals surface area (Å²) in [5, 5.41) is 17.1. The number of hydrogen-bond donors (Lipinski definition) is 2. The van der Waals surface area contributed by atoms with Crippen LogP contribution in [0.1, 0.15) is 30.1 Å². The second kappa shape index (κ2) is 9.19. The van der Waals surface area contributed by atoms with Crippen LogP contribution in [-0.2, 0) is 0 Å². The molecule has 0 aromatic heterocycles.